The van der Waals surface area contributed by atoms with Gasteiger partial charge in [0.15, 0.2) is 0 Å². The number of carbonyl (C=O) groups excluding carboxylic acids is 2. The Labute approximate surface area is 230 Å². The van der Waals surface area contributed by atoms with Crippen LogP contribution in [0.5, 0.6) is 0 Å². The van der Waals surface area contributed by atoms with Gasteiger partial charge in [-0.15, -0.1) is 0 Å². The predicted octanol–water partition coefficient (Wildman–Crippen LogP) is 4.38. The Bertz CT molecular complexity index is 1150. The van der Waals surface area contributed by atoms with Gasteiger partial charge in [0.1, 0.15) is 17.7 Å². The molecule has 0 bridgehead atoms. The number of rotatable bonds is 9. The van der Waals surface area contributed by atoms with Gasteiger partial charge in [-0.25, -0.2) is 8.78 Å². The van der Waals surface area contributed by atoms with E-state index in [2.05, 4.69) is 61.0 Å². The molecule has 1 aliphatic carbocycles. The van der Waals surface area contributed by atoms with Crippen molar-refractivity contribution >= 4 is 11.8 Å². The van der Waals surface area contributed by atoms with E-state index in [1.165, 1.54) is 23.3 Å². The van der Waals surface area contributed by atoms with Crippen LogP contribution in [0.1, 0.15) is 82.4 Å². The topological polar surface area (TPSA) is 90.5 Å². The molecule has 3 unspecified atom stereocenters. The normalized spacial score (nSPS) is 20.8. The molecule has 212 valence electrons. The van der Waals surface area contributed by atoms with Crippen LogP contribution in [0.3, 0.4) is 0 Å². The standard InChI is InChI=1S/C31H41F2N3O3/c1-30(2,3)21-8-7-9-22(17-21)31(12-5-4-6-13-31)34-19-27(37)26(16-20-14-23(32)18-24(33)15-20)36-29(39)25-10-11-28(38)35-25/h7-9,14-15,17-18,25-27,34,37H,4-6,10-13,16,19H2,1-3H3,(H,35,38)(H,36,39). The number of amides is 2. The van der Waals surface area contributed by atoms with Gasteiger partial charge in [0.2, 0.25) is 11.8 Å². The summed E-state index contributed by atoms with van der Waals surface area (Å²) in [6, 6.07) is 10.3. The Kier molecular flexibility index (Phi) is 9.07. The highest BCUT2D eigenvalue weighted by Crippen LogP contribution is 2.38. The third-order valence-electron chi connectivity index (χ3n) is 8.12. The molecule has 2 aromatic rings. The van der Waals surface area contributed by atoms with Crippen LogP contribution in [0, 0.1) is 11.6 Å². The second-order valence-electron chi connectivity index (χ2n) is 12.2. The summed E-state index contributed by atoms with van der Waals surface area (Å²) in [6.07, 6.45) is 4.76. The molecule has 1 heterocycles. The lowest BCUT2D eigenvalue weighted by Crippen LogP contribution is -2.55. The summed E-state index contributed by atoms with van der Waals surface area (Å²) in [4.78, 5) is 24.6. The van der Waals surface area contributed by atoms with E-state index in [9.17, 15) is 23.5 Å². The van der Waals surface area contributed by atoms with Gasteiger partial charge in [-0.2, -0.15) is 0 Å². The Hall–Kier alpha value is -2.84. The van der Waals surface area contributed by atoms with Gasteiger partial charge in [-0.3, -0.25) is 9.59 Å². The summed E-state index contributed by atoms with van der Waals surface area (Å²) < 4.78 is 27.9. The lowest BCUT2D eigenvalue weighted by molar-refractivity contribution is -0.126. The highest BCUT2D eigenvalue weighted by molar-refractivity contribution is 5.90. The van der Waals surface area contributed by atoms with E-state index in [4.69, 9.17) is 0 Å². The predicted molar refractivity (Wildman–Crippen MR) is 147 cm³/mol. The van der Waals surface area contributed by atoms with Gasteiger partial charge in [0.25, 0.3) is 0 Å². The molecule has 2 fully saturated rings. The molecule has 6 nitrogen and oxygen atoms in total. The van der Waals surface area contributed by atoms with Crippen LogP contribution in [-0.2, 0) is 27.0 Å². The monoisotopic (exact) mass is 541 g/mol. The van der Waals surface area contributed by atoms with E-state index in [1.807, 2.05) is 0 Å². The molecule has 3 atom stereocenters. The SMILES string of the molecule is CC(C)(C)c1cccc(C2(NCC(O)C(Cc3cc(F)cc(F)c3)NC(=O)C3CCC(=O)N3)CCCCC2)c1. The maximum Gasteiger partial charge on any atom is 0.242 e. The maximum absolute atomic E-state index is 13.9. The zero-order valence-electron chi connectivity index (χ0n) is 23.2. The molecular weight excluding hydrogens is 500 g/mol. The summed E-state index contributed by atoms with van der Waals surface area (Å²) in [5.41, 5.74) is 2.43. The van der Waals surface area contributed by atoms with Crippen LogP contribution in [0.2, 0.25) is 0 Å². The smallest absolute Gasteiger partial charge is 0.242 e. The van der Waals surface area contributed by atoms with Crippen molar-refractivity contribution < 1.29 is 23.5 Å². The zero-order chi connectivity index (χ0) is 28.2. The van der Waals surface area contributed by atoms with Crippen LogP contribution in [0.15, 0.2) is 42.5 Å². The number of nitrogens with one attached hydrogen (secondary N) is 3. The van der Waals surface area contributed by atoms with Crippen molar-refractivity contribution in [1.29, 1.82) is 0 Å². The van der Waals surface area contributed by atoms with Crippen molar-refractivity contribution in [2.45, 2.75) is 101 Å². The Morgan fingerprint density at radius 1 is 1.10 bits per heavy atom. The summed E-state index contributed by atoms with van der Waals surface area (Å²) >= 11 is 0. The number of benzene rings is 2. The van der Waals surface area contributed by atoms with Crippen LogP contribution in [0.4, 0.5) is 8.78 Å². The Balaban J connectivity index is 1.55. The van der Waals surface area contributed by atoms with Crippen LogP contribution in [-0.4, -0.2) is 41.7 Å². The quantitative estimate of drug-likeness (QED) is 0.379. The highest BCUT2D eigenvalue weighted by atomic mass is 19.1. The van der Waals surface area contributed by atoms with Gasteiger partial charge in [0, 0.05) is 24.6 Å². The summed E-state index contributed by atoms with van der Waals surface area (Å²) in [6.45, 7) is 6.74. The first-order valence-corrected chi connectivity index (χ1v) is 14.0. The largest absolute Gasteiger partial charge is 0.390 e. The fraction of sp³-hybridized carbons (Fsp3) is 0.548. The summed E-state index contributed by atoms with van der Waals surface area (Å²) in [5, 5.41) is 20.5. The molecule has 0 spiro atoms. The number of halogens is 2. The lowest BCUT2D eigenvalue weighted by atomic mass is 9.74. The number of aliphatic hydroxyl groups is 1. The maximum atomic E-state index is 13.9. The van der Waals surface area contributed by atoms with E-state index in [0.717, 1.165) is 38.2 Å². The molecule has 4 N–H and O–H groups in total. The van der Waals surface area contributed by atoms with Crippen molar-refractivity contribution in [2.24, 2.45) is 0 Å². The number of aliphatic hydroxyl groups excluding tert-OH is 1. The number of carbonyl (C=O) groups is 2. The van der Waals surface area contributed by atoms with E-state index in [-0.39, 0.29) is 36.2 Å². The molecule has 8 heteroatoms. The van der Waals surface area contributed by atoms with Gasteiger partial charge >= 0.3 is 0 Å². The van der Waals surface area contributed by atoms with Crippen molar-refractivity contribution in [1.82, 2.24) is 16.0 Å². The minimum Gasteiger partial charge on any atom is -0.390 e. The summed E-state index contributed by atoms with van der Waals surface area (Å²) in [7, 11) is 0. The molecule has 39 heavy (non-hydrogen) atoms. The minimum absolute atomic E-state index is 0.00333. The highest BCUT2D eigenvalue weighted by Gasteiger charge is 2.36. The number of hydrogen-bond donors (Lipinski definition) is 4. The van der Waals surface area contributed by atoms with Crippen molar-refractivity contribution in [3.63, 3.8) is 0 Å². The third kappa shape index (κ3) is 7.42. The zero-order valence-corrected chi connectivity index (χ0v) is 23.2. The molecule has 0 radical (unpaired) electrons. The average Bonchev–Trinajstić information content (AvgIpc) is 3.33. The van der Waals surface area contributed by atoms with Gasteiger partial charge < -0.3 is 21.1 Å². The van der Waals surface area contributed by atoms with Gasteiger partial charge in [0.05, 0.1) is 12.1 Å². The van der Waals surface area contributed by atoms with Crippen LogP contribution < -0.4 is 16.0 Å². The fourth-order valence-corrected chi connectivity index (χ4v) is 5.81. The molecule has 2 amide bonds. The third-order valence-corrected chi connectivity index (χ3v) is 8.12. The number of hydrogen-bond acceptors (Lipinski definition) is 4. The van der Waals surface area contributed by atoms with E-state index < -0.39 is 35.7 Å². The fourth-order valence-electron chi connectivity index (χ4n) is 5.81. The molecule has 1 aliphatic heterocycles. The van der Waals surface area contributed by atoms with Crippen LogP contribution >= 0.6 is 0 Å². The van der Waals surface area contributed by atoms with E-state index in [0.29, 0.717) is 12.0 Å². The molecule has 2 aliphatic rings. The van der Waals surface area contributed by atoms with Crippen molar-refractivity contribution in [2.75, 3.05) is 6.54 Å². The first-order chi connectivity index (χ1) is 18.4. The second kappa shape index (κ2) is 12.1. The molecular formula is C31H41F2N3O3. The average molecular weight is 542 g/mol. The first kappa shape index (κ1) is 29.2. The van der Waals surface area contributed by atoms with Crippen molar-refractivity contribution in [3.05, 3.63) is 70.8 Å². The van der Waals surface area contributed by atoms with Crippen LogP contribution in [0.25, 0.3) is 0 Å². The first-order valence-electron chi connectivity index (χ1n) is 14.0. The molecule has 2 aromatic carbocycles. The Morgan fingerprint density at radius 2 is 1.79 bits per heavy atom. The van der Waals surface area contributed by atoms with E-state index in [1.54, 1.807) is 0 Å². The lowest BCUT2D eigenvalue weighted by Gasteiger charge is -2.41. The Morgan fingerprint density at radius 3 is 2.41 bits per heavy atom. The molecule has 0 aromatic heterocycles. The summed E-state index contributed by atoms with van der Waals surface area (Å²) in [5.74, 6) is -2.04. The molecule has 1 saturated heterocycles. The second-order valence-corrected chi connectivity index (χ2v) is 12.2. The van der Waals surface area contributed by atoms with Crippen molar-refractivity contribution in [3.8, 4) is 0 Å². The minimum atomic E-state index is -1.04. The molecule has 4 rings (SSSR count). The van der Waals surface area contributed by atoms with E-state index >= 15 is 0 Å². The molecule has 1 saturated carbocycles. The van der Waals surface area contributed by atoms with Gasteiger partial charge in [-0.05, 0) is 59.9 Å². The van der Waals surface area contributed by atoms with Gasteiger partial charge in [-0.1, -0.05) is 64.3 Å².